The summed E-state index contributed by atoms with van der Waals surface area (Å²) in [6, 6.07) is 4.11. The minimum atomic E-state index is -1.14. The molecule has 1 atom stereocenters. The predicted molar refractivity (Wildman–Crippen MR) is 61.0 cm³/mol. The van der Waals surface area contributed by atoms with Crippen LogP contribution in [0.4, 0.5) is 10.1 Å². The highest BCUT2D eigenvalue weighted by Gasteiger charge is 2.37. The standard InChI is InChI=1S/C12H12FNO4/c1-18-10-3-2-7(6-9(10)13)14-5-4-8(11(14)15)12(16)17/h2-3,6,8H,4-5H2,1H3,(H,16,17). The molecular formula is C12H12FNO4. The van der Waals surface area contributed by atoms with Crippen molar-refractivity contribution in [3.05, 3.63) is 24.0 Å². The number of hydrogen-bond acceptors (Lipinski definition) is 3. The Hall–Kier alpha value is -2.11. The van der Waals surface area contributed by atoms with Crippen molar-refractivity contribution in [1.82, 2.24) is 0 Å². The number of benzene rings is 1. The molecule has 1 aliphatic heterocycles. The van der Waals surface area contributed by atoms with Gasteiger partial charge in [0.05, 0.1) is 7.11 Å². The van der Waals surface area contributed by atoms with Gasteiger partial charge in [0, 0.05) is 18.3 Å². The van der Waals surface area contributed by atoms with Crippen LogP contribution in [0, 0.1) is 11.7 Å². The number of hydrogen-bond donors (Lipinski definition) is 1. The third-order valence-electron chi connectivity index (χ3n) is 2.95. The molecule has 0 aromatic heterocycles. The Balaban J connectivity index is 2.26. The molecule has 18 heavy (non-hydrogen) atoms. The first-order valence-corrected chi connectivity index (χ1v) is 5.42. The van der Waals surface area contributed by atoms with Crippen LogP contribution in [0.2, 0.25) is 0 Å². The van der Waals surface area contributed by atoms with Crippen LogP contribution in [0.3, 0.4) is 0 Å². The smallest absolute Gasteiger partial charge is 0.316 e. The lowest BCUT2D eigenvalue weighted by molar-refractivity contribution is -0.144. The first-order chi connectivity index (χ1) is 8.54. The molecule has 1 aromatic carbocycles. The van der Waals surface area contributed by atoms with Gasteiger partial charge in [-0.25, -0.2) is 4.39 Å². The number of carboxylic acid groups (broad SMARTS) is 1. The molecule has 96 valence electrons. The van der Waals surface area contributed by atoms with Gasteiger partial charge < -0.3 is 14.7 Å². The van der Waals surface area contributed by atoms with Gasteiger partial charge in [-0.05, 0) is 18.6 Å². The minimum Gasteiger partial charge on any atom is -0.494 e. The van der Waals surface area contributed by atoms with E-state index in [1.807, 2.05) is 0 Å². The van der Waals surface area contributed by atoms with Crippen molar-refractivity contribution >= 4 is 17.6 Å². The Morgan fingerprint density at radius 2 is 2.28 bits per heavy atom. The zero-order valence-corrected chi connectivity index (χ0v) is 9.72. The molecule has 1 unspecified atom stereocenters. The van der Waals surface area contributed by atoms with Crippen molar-refractivity contribution in [2.45, 2.75) is 6.42 Å². The molecule has 1 aliphatic rings. The highest BCUT2D eigenvalue weighted by molar-refractivity contribution is 6.07. The highest BCUT2D eigenvalue weighted by Crippen LogP contribution is 2.28. The molecule has 0 spiro atoms. The van der Waals surface area contributed by atoms with E-state index in [9.17, 15) is 14.0 Å². The van der Waals surface area contributed by atoms with Crippen LogP contribution in [0.15, 0.2) is 18.2 Å². The summed E-state index contributed by atoms with van der Waals surface area (Å²) in [5.41, 5.74) is 0.349. The Labute approximate surface area is 103 Å². The first-order valence-electron chi connectivity index (χ1n) is 5.42. The van der Waals surface area contributed by atoms with Crippen LogP contribution in [-0.2, 0) is 9.59 Å². The molecule has 1 amide bonds. The fourth-order valence-corrected chi connectivity index (χ4v) is 1.99. The Morgan fingerprint density at radius 1 is 1.56 bits per heavy atom. The minimum absolute atomic E-state index is 0.0835. The summed E-state index contributed by atoms with van der Waals surface area (Å²) in [5.74, 6) is -3.18. The van der Waals surface area contributed by atoms with Crippen molar-refractivity contribution in [3.8, 4) is 5.75 Å². The maximum atomic E-state index is 13.5. The lowest BCUT2D eigenvalue weighted by Gasteiger charge is -2.16. The van der Waals surface area contributed by atoms with Crippen LogP contribution >= 0.6 is 0 Å². The van der Waals surface area contributed by atoms with Crippen LogP contribution in [0.1, 0.15) is 6.42 Å². The van der Waals surface area contributed by atoms with E-state index in [-0.39, 0.29) is 18.7 Å². The van der Waals surface area contributed by atoms with E-state index in [1.165, 1.54) is 30.2 Å². The molecule has 0 saturated carbocycles. The van der Waals surface area contributed by atoms with Gasteiger partial charge >= 0.3 is 5.97 Å². The van der Waals surface area contributed by atoms with E-state index < -0.39 is 23.6 Å². The van der Waals surface area contributed by atoms with Gasteiger partial charge in [0.25, 0.3) is 0 Å². The third kappa shape index (κ3) is 2.01. The zero-order valence-electron chi connectivity index (χ0n) is 9.72. The number of anilines is 1. The summed E-state index contributed by atoms with van der Waals surface area (Å²) in [7, 11) is 1.35. The largest absolute Gasteiger partial charge is 0.494 e. The number of carbonyl (C=O) groups is 2. The predicted octanol–water partition coefficient (Wildman–Crippen LogP) is 1.27. The molecule has 1 heterocycles. The van der Waals surface area contributed by atoms with Crippen LogP contribution < -0.4 is 9.64 Å². The van der Waals surface area contributed by atoms with Crippen molar-refractivity contribution in [3.63, 3.8) is 0 Å². The summed E-state index contributed by atoms with van der Waals surface area (Å²) in [6.45, 7) is 0.279. The van der Waals surface area contributed by atoms with E-state index in [0.29, 0.717) is 5.69 Å². The average molecular weight is 253 g/mol. The average Bonchev–Trinajstić information content (AvgIpc) is 2.71. The van der Waals surface area contributed by atoms with Gasteiger partial charge in [0.15, 0.2) is 11.6 Å². The van der Waals surface area contributed by atoms with Gasteiger partial charge in [-0.2, -0.15) is 0 Å². The fourth-order valence-electron chi connectivity index (χ4n) is 1.99. The fraction of sp³-hybridized carbons (Fsp3) is 0.333. The Kier molecular flexibility index (Phi) is 3.18. The monoisotopic (exact) mass is 253 g/mol. The van der Waals surface area contributed by atoms with E-state index in [0.717, 1.165) is 0 Å². The second-order valence-electron chi connectivity index (χ2n) is 3.99. The van der Waals surface area contributed by atoms with Crippen molar-refractivity contribution in [2.24, 2.45) is 5.92 Å². The molecule has 1 aromatic rings. The van der Waals surface area contributed by atoms with Crippen LogP contribution in [0.5, 0.6) is 5.75 Å². The topological polar surface area (TPSA) is 66.8 Å². The molecular weight excluding hydrogens is 241 g/mol. The number of nitrogens with zero attached hydrogens (tertiary/aromatic N) is 1. The second-order valence-corrected chi connectivity index (χ2v) is 3.99. The SMILES string of the molecule is COc1ccc(N2CCC(C(=O)O)C2=O)cc1F. The quantitative estimate of drug-likeness (QED) is 0.824. The van der Waals surface area contributed by atoms with Crippen molar-refractivity contribution in [2.75, 3.05) is 18.6 Å². The normalized spacial score (nSPS) is 19.1. The Bertz CT molecular complexity index is 503. The Morgan fingerprint density at radius 3 is 2.78 bits per heavy atom. The van der Waals surface area contributed by atoms with Gasteiger partial charge in [0.1, 0.15) is 5.92 Å². The van der Waals surface area contributed by atoms with E-state index in [1.54, 1.807) is 0 Å². The molecule has 5 nitrogen and oxygen atoms in total. The first kappa shape index (κ1) is 12.3. The summed E-state index contributed by atoms with van der Waals surface area (Å²) in [6.07, 6.45) is 0.238. The third-order valence-corrected chi connectivity index (χ3v) is 2.95. The maximum absolute atomic E-state index is 13.5. The van der Waals surface area contributed by atoms with Crippen LogP contribution in [-0.4, -0.2) is 30.6 Å². The molecule has 0 radical (unpaired) electrons. The number of halogens is 1. The number of amides is 1. The highest BCUT2D eigenvalue weighted by atomic mass is 19.1. The lowest BCUT2D eigenvalue weighted by atomic mass is 10.1. The van der Waals surface area contributed by atoms with E-state index in [4.69, 9.17) is 9.84 Å². The number of carboxylic acids is 1. The zero-order chi connectivity index (χ0) is 13.3. The van der Waals surface area contributed by atoms with Gasteiger partial charge in [-0.1, -0.05) is 0 Å². The van der Waals surface area contributed by atoms with Crippen LogP contribution in [0.25, 0.3) is 0 Å². The van der Waals surface area contributed by atoms with E-state index in [2.05, 4.69) is 0 Å². The molecule has 6 heteroatoms. The molecule has 1 N–H and O–H groups in total. The lowest BCUT2D eigenvalue weighted by Crippen LogP contribution is -2.30. The molecule has 1 fully saturated rings. The molecule has 0 bridgehead atoms. The molecule has 2 rings (SSSR count). The van der Waals surface area contributed by atoms with Crippen molar-refractivity contribution < 1.29 is 23.8 Å². The summed E-state index contributed by atoms with van der Waals surface area (Å²) >= 11 is 0. The second kappa shape index (κ2) is 4.64. The van der Waals surface area contributed by atoms with E-state index >= 15 is 0 Å². The molecule has 1 saturated heterocycles. The number of carbonyl (C=O) groups excluding carboxylic acids is 1. The number of ether oxygens (including phenoxy) is 1. The maximum Gasteiger partial charge on any atom is 0.316 e. The summed E-state index contributed by atoms with van der Waals surface area (Å²) in [4.78, 5) is 23.9. The number of methoxy groups -OCH3 is 1. The van der Waals surface area contributed by atoms with Gasteiger partial charge in [-0.3, -0.25) is 9.59 Å². The molecule has 0 aliphatic carbocycles. The number of aliphatic carboxylic acids is 1. The van der Waals surface area contributed by atoms with Gasteiger partial charge in [0.2, 0.25) is 5.91 Å². The summed E-state index contributed by atoms with van der Waals surface area (Å²) in [5, 5.41) is 8.84. The summed E-state index contributed by atoms with van der Waals surface area (Å²) < 4.78 is 18.3. The van der Waals surface area contributed by atoms with Crippen molar-refractivity contribution in [1.29, 1.82) is 0 Å². The van der Waals surface area contributed by atoms with Gasteiger partial charge in [-0.15, -0.1) is 0 Å². The number of rotatable bonds is 3.